The Morgan fingerprint density at radius 2 is 1.84 bits per heavy atom. The van der Waals surface area contributed by atoms with Gasteiger partial charge in [0.05, 0.1) is 20.0 Å². The Morgan fingerprint density at radius 1 is 1.16 bits per heavy atom. The van der Waals surface area contributed by atoms with E-state index in [0.717, 1.165) is 14.7 Å². The molecule has 3 rings (SSSR count). The summed E-state index contributed by atoms with van der Waals surface area (Å²) in [6.07, 6.45) is 0. The molecule has 1 amide bonds. The van der Waals surface area contributed by atoms with Crippen molar-refractivity contribution in [2.75, 3.05) is 0 Å². The maximum atomic E-state index is 12.5. The molecule has 0 unspecified atom stereocenters. The summed E-state index contributed by atoms with van der Waals surface area (Å²) in [5.41, 5.74) is 8.20. The number of nitrogens with zero attached hydrogens (tertiary/aromatic N) is 1. The fourth-order valence-corrected chi connectivity index (χ4v) is 4.39. The number of hydrogen-bond donors (Lipinski definition) is 1. The summed E-state index contributed by atoms with van der Waals surface area (Å²) in [6.45, 7) is 2.40. The van der Waals surface area contributed by atoms with Gasteiger partial charge in [-0.1, -0.05) is 30.3 Å². The van der Waals surface area contributed by atoms with Crippen molar-refractivity contribution < 1.29 is 12.7 Å². The van der Waals surface area contributed by atoms with Crippen LogP contribution in [0, 0.1) is 10.5 Å². The summed E-state index contributed by atoms with van der Waals surface area (Å²) in [4.78, 5) is 24.0. The van der Waals surface area contributed by atoms with Crippen LogP contribution in [-0.2, 0) is 11.3 Å². The average Bonchev–Trinajstić information content (AvgIpc) is 2.87. The zero-order chi connectivity index (χ0) is 18.1. The summed E-state index contributed by atoms with van der Waals surface area (Å²) >= 11 is 3.93. The number of halogens is 2. The first kappa shape index (κ1) is 18.2. The highest BCUT2D eigenvalue weighted by atomic mass is 127. The SMILES string of the molecule is Cc1c(C(=O)C(N)=O)c2c(OI)c(I)ccc2n1Cc1ccccc1. The molecule has 1 aromatic heterocycles. The molecule has 0 aliphatic heterocycles. The van der Waals surface area contributed by atoms with E-state index in [1.165, 1.54) is 0 Å². The van der Waals surface area contributed by atoms with Crippen LogP contribution < -0.4 is 8.80 Å². The summed E-state index contributed by atoms with van der Waals surface area (Å²) in [5, 5.41) is 0.624. The zero-order valence-corrected chi connectivity index (χ0v) is 17.6. The predicted octanol–water partition coefficient (Wildman–Crippen LogP) is 4.00. The van der Waals surface area contributed by atoms with Crippen LogP contribution in [-0.4, -0.2) is 16.3 Å². The lowest BCUT2D eigenvalue weighted by atomic mass is 10.1. The largest absolute Gasteiger partial charge is 0.426 e. The van der Waals surface area contributed by atoms with E-state index in [2.05, 4.69) is 22.6 Å². The molecule has 0 saturated heterocycles. The van der Waals surface area contributed by atoms with Crippen LogP contribution in [0.3, 0.4) is 0 Å². The fourth-order valence-electron chi connectivity index (χ4n) is 2.96. The Bertz CT molecular complexity index is 981. The summed E-state index contributed by atoms with van der Waals surface area (Å²) in [6, 6.07) is 13.8. The number of carbonyl (C=O) groups excluding carboxylic acids is 2. The minimum absolute atomic E-state index is 0.309. The molecule has 0 aliphatic rings. The number of benzene rings is 2. The first-order valence-corrected chi connectivity index (χ1v) is 9.39. The van der Waals surface area contributed by atoms with Crippen LogP contribution in [0.2, 0.25) is 0 Å². The minimum Gasteiger partial charge on any atom is -0.426 e. The van der Waals surface area contributed by atoms with Gasteiger partial charge in [-0.05, 0) is 47.2 Å². The van der Waals surface area contributed by atoms with Crippen molar-refractivity contribution in [3.8, 4) is 5.75 Å². The van der Waals surface area contributed by atoms with Crippen molar-refractivity contribution >= 4 is 68.2 Å². The Balaban J connectivity index is 2.33. The topological polar surface area (TPSA) is 74.3 Å². The molecule has 0 fully saturated rings. The molecule has 0 radical (unpaired) electrons. The molecular formula is C18H14I2N2O3. The van der Waals surface area contributed by atoms with E-state index in [-0.39, 0.29) is 0 Å². The van der Waals surface area contributed by atoms with Crippen LogP contribution in [0.1, 0.15) is 21.6 Å². The third kappa shape index (κ3) is 3.26. The lowest BCUT2D eigenvalue weighted by Gasteiger charge is -2.09. The van der Waals surface area contributed by atoms with Crippen LogP contribution in [0.25, 0.3) is 10.9 Å². The molecule has 128 valence electrons. The first-order valence-electron chi connectivity index (χ1n) is 7.43. The van der Waals surface area contributed by atoms with Crippen LogP contribution in [0.5, 0.6) is 5.75 Å². The fraction of sp³-hybridized carbons (Fsp3) is 0.111. The van der Waals surface area contributed by atoms with Gasteiger partial charge >= 0.3 is 0 Å². The Labute approximate surface area is 172 Å². The number of ketones is 1. The second-order valence-electron chi connectivity index (χ2n) is 5.57. The van der Waals surface area contributed by atoms with Gasteiger partial charge in [-0.15, -0.1) is 0 Å². The van der Waals surface area contributed by atoms with Crippen molar-refractivity contribution in [1.82, 2.24) is 4.57 Å². The lowest BCUT2D eigenvalue weighted by Crippen LogP contribution is -2.23. The van der Waals surface area contributed by atoms with E-state index in [4.69, 9.17) is 8.80 Å². The summed E-state index contributed by atoms with van der Waals surface area (Å²) in [7, 11) is 0. The maximum Gasteiger partial charge on any atom is 0.289 e. The second kappa shape index (κ2) is 7.32. The van der Waals surface area contributed by atoms with Crippen molar-refractivity contribution in [2.24, 2.45) is 5.73 Å². The summed E-state index contributed by atoms with van der Waals surface area (Å²) < 4.78 is 8.36. The number of nitrogens with two attached hydrogens (primary N) is 1. The molecule has 5 nitrogen and oxygen atoms in total. The highest BCUT2D eigenvalue weighted by Gasteiger charge is 2.27. The average molecular weight is 560 g/mol. The highest BCUT2D eigenvalue weighted by molar-refractivity contribution is 14.1. The highest BCUT2D eigenvalue weighted by Crippen LogP contribution is 2.38. The van der Waals surface area contributed by atoms with Gasteiger partial charge < -0.3 is 13.4 Å². The number of hydrogen-bond acceptors (Lipinski definition) is 3. The Kier molecular flexibility index (Phi) is 5.32. The molecule has 2 aromatic carbocycles. The molecule has 3 aromatic rings. The van der Waals surface area contributed by atoms with Crippen molar-refractivity contribution in [3.05, 3.63) is 62.9 Å². The standard InChI is InChI=1S/C18H14I2N2O3/c1-10-14(16(23)18(21)24)15-13(8-7-12(19)17(15)25-20)22(10)9-11-5-3-2-4-6-11/h2-8H,9H2,1H3,(H2,21,24). The molecular weight excluding hydrogens is 546 g/mol. The molecule has 0 atom stereocenters. The van der Waals surface area contributed by atoms with Gasteiger partial charge in [-0.3, -0.25) is 9.59 Å². The molecule has 0 bridgehead atoms. The molecule has 2 N–H and O–H groups in total. The van der Waals surface area contributed by atoms with E-state index >= 15 is 0 Å². The molecule has 0 saturated carbocycles. The number of rotatable bonds is 5. The smallest absolute Gasteiger partial charge is 0.289 e. The van der Waals surface area contributed by atoms with Crippen molar-refractivity contribution in [1.29, 1.82) is 0 Å². The molecule has 0 aliphatic carbocycles. The van der Waals surface area contributed by atoms with E-state index in [1.54, 1.807) is 23.0 Å². The number of amides is 1. The molecule has 25 heavy (non-hydrogen) atoms. The van der Waals surface area contributed by atoms with Crippen LogP contribution in [0.15, 0.2) is 42.5 Å². The van der Waals surface area contributed by atoms with E-state index < -0.39 is 11.7 Å². The van der Waals surface area contributed by atoms with Gasteiger partial charge in [0.25, 0.3) is 11.7 Å². The third-order valence-electron chi connectivity index (χ3n) is 4.11. The number of Topliss-reactive ketones (excluding diaryl/α,β-unsaturated/α-hetero) is 1. The Hall–Kier alpha value is -1.62. The van der Waals surface area contributed by atoms with Gasteiger partial charge in [0.2, 0.25) is 0 Å². The van der Waals surface area contributed by atoms with Gasteiger partial charge in [0, 0.05) is 12.2 Å². The van der Waals surface area contributed by atoms with E-state index in [1.807, 2.05) is 54.0 Å². The van der Waals surface area contributed by atoms with Gasteiger partial charge in [0.1, 0.15) is 0 Å². The number of carbonyl (C=O) groups is 2. The molecule has 7 heteroatoms. The first-order chi connectivity index (χ1) is 12.0. The zero-order valence-electron chi connectivity index (χ0n) is 13.3. The maximum absolute atomic E-state index is 12.5. The van der Waals surface area contributed by atoms with Gasteiger partial charge in [-0.2, -0.15) is 0 Å². The monoisotopic (exact) mass is 560 g/mol. The van der Waals surface area contributed by atoms with Crippen LogP contribution in [0.4, 0.5) is 0 Å². The van der Waals surface area contributed by atoms with Gasteiger partial charge in [-0.25, -0.2) is 0 Å². The minimum atomic E-state index is -0.972. The molecule has 1 heterocycles. The predicted molar refractivity (Wildman–Crippen MR) is 113 cm³/mol. The van der Waals surface area contributed by atoms with E-state index in [0.29, 0.717) is 28.9 Å². The van der Waals surface area contributed by atoms with Crippen molar-refractivity contribution in [2.45, 2.75) is 13.5 Å². The quantitative estimate of drug-likeness (QED) is 0.292. The summed E-state index contributed by atoms with van der Waals surface area (Å²) in [5.74, 6) is -1.11. The van der Waals surface area contributed by atoms with Gasteiger partial charge in [0.15, 0.2) is 28.8 Å². The number of fused-ring (bicyclic) bond motifs is 1. The number of aromatic nitrogens is 1. The normalized spacial score (nSPS) is 10.8. The lowest BCUT2D eigenvalue weighted by molar-refractivity contribution is -0.114. The van der Waals surface area contributed by atoms with Crippen molar-refractivity contribution in [3.63, 3.8) is 0 Å². The molecule has 0 spiro atoms. The second-order valence-corrected chi connectivity index (χ2v) is 7.18. The number of primary amides is 1. The third-order valence-corrected chi connectivity index (χ3v) is 5.40. The van der Waals surface area contributed by atoms with Crippen LogP contribution >= 0.6 is 45.6 Å². The van der Waals surface area contributed by atoms with E-state index in [9.17, 15) is 9.59 Å². The Morgan fingerprint density at radius 3 is 2.44 bits per heavy atom.